The number of nitrogens with one attached hydrogen (secondary N) is 1. The van der Waals surface area contributed by atoms with Gasteiger partial charge in [0.25, 0.3) is 0 Å². The topological polar surface area (TPSA) is 93.8 Å². The Hall–Kier alpha value is -2.54. The van der Waals surface area contributed by atoms with Crippen LogP contribution in [0.15, 0.2) is 28.8 Å². The third-order valence-corrected chi connectivity index (χ3v) is 4.70. The van der Waals surface area contributed by atoms with E-state index in [0.717, 1.165) is 5.56 Å². The van der Waals surface area contributed by atoms with Crippen LogP contribution in [-0.4, -0.2) is 42.5 Å². The van der Waals surface area contributed by atoms with Crippen LogP contribution in [0.5, 0.6) is 11.5 Å². The molecule has 0 aliphatic heterocycles. The Morgan fingerprint density at radius 3 is 2.54 bits per heavy atom. The SMILES string of the molecule is COc1ccc(-c2cc(C3(C(=O)NC(C)(C)CO)CC3)no2)cc1OC. The van der Waals surface area contributed by atoms with Gasteiger partial charge in [-0.05, 0) is 44.9 Å². The van der Waals surface area contributed by atoms with E-state index in [-0.39, 0.29) is 12.5 Å². The van der Waals surface area contributed by atoms with Gasteiger partial charge in [0, 0.05) is 11.6 Å². The first-order valence-corrected chi connectivity index (χ1v) is 8.48. The van der Waals surface area contributed by atoms with Gasteiger partial charge in [-0.1, -0.05) is 5.16 Å². The first kappa shape index (κ1) is 18.3. The minimum absolute atomic E-state index is 0.134. The molecule has 2 N–H and O–H groups in total. The van der Waals surface area contributed by atoms with Crippen molar-refractivity contribution in [1.82, 2.24) is 10.5 Å². The molecule has 1 fully saturated rings. The van der Waals surface area contributed by atoms with E-state index in [1.54, 1.807) is 46.3 Å². The maximum Gasteiger partial charge on any atom is 0.232 e. The third kappa shape index (κ3) is 3.26. The highest BCUT2D eigenvalue weighted by Crippen LogP contribution is 2.49. The summed E-state index contributed by atoms with van der Waals surface area (Å²) in [6, 6.07) is 7.23. The molecular weight excluding hydrogens is 336 g/mol. The fourth-order valence-electron chi connectivity index (χ4n) is 2.82. The van der Waals surface area contributed by atoms with Crippen molar-refractivity contribution in [2.45, 2.75) is 37.6 Å². The molecule has 2 aromatic rings. The van der Waals surface area contributed by atoms with Gasteiger partial charge in [-0.25, -0.2) is 0 Å². The summed E-state index contributed by atoms with van der Waals surface area (Å²) < 4.78 is 16.0. The third-order valence-electron chi connectivity index (χ3n) is 4.70. The Morgan fingerprint density at radius 1 is 1.27 bits per heavy atom. The summed E-state index contributed by atoms with van der Waals surface area (Å²) in [5.41, 5.74) is 0.0367. The first-order valence-electron chi connectivity index (χ1n) is 8.48. The summed E-state index contributed by atoms with van der Waals surface area (Å²) in [5.74, 6) is 1.64. The number of benzene rings is 1. The summed E-state index contributed by atoms with van der Waals surface area (Å²) >= 11 is 0. The molecule has 0 saturated heterocycles. The molecule has 0 atom stereocenters. The summed E-state index contributed by atoms with van der Waals surface area (Å²) in [4.78, 5) is 12.7. The van der Waals surface area contributed by atoms with Crippen LogP contribution in [0.3, 0.4) is 0 Å². The van der Waals surface area contributed by atoms with Crippen molar-refractivity contribution in [2.75, 3.05) is 20.8 Å². The first-order chi connectivity index (χ1) is 12.3. The Balaban J connectivity index is 1.85. The Kier molecular flexibility index (Phi) is 4.66. The van der Waals surface area contributed by atoms with Crippen molar-refractivity contribution < 1.29 is 23.9 Å². The van der Waals surface area contributed by atoms with Crippen LogP contribution >= 0.6 is 0 Å². The van der Waals surface area contributed by atoms with E-state index < -0.39 is 11.0 Å². The lowest BCUT2D eigenvalue weighted by Gasteiger charge is -2.26. The van der Waals surface area contributed by atoms with Gasteiger partial charge in [-0.2, -0.15) is 0 Å². The van der Waals surface area contributed by atoms with E-state index in [1.807, 2.05) is 6.07 Å². The van der Waals surface area contributed by atoms with Crippen molar-refractivity contribution in [3.05, 3.63) is 30.0 Å². The number of methoxy groups -OCH3 is 2. The van der Waals surface area contributed by atoms with E-state index in [9.17, 15) is 9.90 Å². The lowest BCUT2D eigenvalue weighted by Crippen LogP contribution is -2.50. The minimum atomic E-state index is -0.678. The standard InChI is InChI=1S/C19H24N2O5/c1-18(2,11-22)20-17(23)19(7-8-19)16-10-14(26-21-16)12-5-6-13(24-3)15(9-12)25-4/h5-6,9-10,22H,7-8,11H2,1-4H3,(H,20,23). The molecule has 1 heterocycles. The minimum Gasteiger partial charge on any atom is -0.493 e. The van der Waals surface area contributed by atoms with Gasteiger partial charge in [0.15, 0.2) is 17.3 Å². The summed E-state index contributed by atoms with van der Waals surface area (Å²) in [6.07, 6.45) is 1.41. The Bertz CT molecular complexity index is 808. The van der Waals surface area contributed by atoms with Crippen LogP contribution in [0.2, 0.25) is 0 Å². The molecule has 140 valence electrons. The van der Waals surface area contributed by atoms with E-state index >= 15 is 0 Å². The molecule has 1 aromatic heterocycles. The monoisotopic (exact) mass is 360 g/mol. The Labute approximate surface area is 152 Å². The lowest BCUT2D eigenvalue weighted by molar-refractivity contribution is -0.125. The maximum atomic E-state index is 12.7. The highest BCUT2D eigenvalue weighted by molar-refractivity contribution is 5.91. The molecular formula is C19H24N2O5. The summed E-state index contributed by atoms with van der Waals surface area (Å²) in [6.45, 7) is 3.42. The Morgan fingerprint density at radius 2 is 1.96 bits per heavy atom. The van der Waals surface area contributed by atoms with Crippen LogP contribution in [-0.2, 0) is 10.2 Å². The number of aromatic nitrogens is 1. The molecule has 1 aliphatic carbocycles. The number of hydrogen-bond donors (Lipinski definition) is 2. The van der Waals surface area contributed by atoms with Crippen molar-refractivity contribution in [1.29, 1.82) is 0 Å². The molecule has 1 aliphatic rings. The number of hydrogen-bond acceptors (Lipinski definition) is 6. The molecule has 0 unspecified atom stereocenters. The molecule has 0 bridgehead atoms. The number of aliphatic hydroxyl groups is 1. The quantitative estimate of drug-likeness (QED) is 0.787. The van der Waals surface area contributed by atoms with E-state index in [0.29, 0.717) is 35.8 Å². The fourth-order valence-corrected chi connectivity index (χ4v) is 2.82. The summed E-state index contributed by atoms with van der Waals surface area (Å²) in [5, 5.41) is 16.4. The lowest BCUT2D eigenvalue weighted by atomic mass is 9.97. The number of rotatable bonds is 7. The van der Waals surface area contributed by atoms with Gasteiger partial charge >= 0.3 is 0 Å². The van der Waals surface area contributed by atoms with Crippen LogP contribution in [0.4, 0.5) is 0 Å². The van der Waals surface area contributed by atoms with Crippen LogP contribution < -0.4 is 14.8 Å². The van der Waals surface area contributed by atoms with Gasteiger partial charge in [0.05, 0.1) is 37.5 Å². The molecule has 0 spiro atoms. The zero-order chi connectivity index (χ0) is 18.9. The molecule has 3 rings (SSSR count). The van der Waals surface area contributed by atoms with Crippen LogP contribution in [0, 0.1) is 0 Å². The van der Waals surface area contributed by atoms with Gasteiger partial charge < -0.3 is 24.4 Å². The second kappa shape index (κ2) is 6.64. The number of aliphatic hydroxyl groups excluding tert-OH is 1. The smallest absolute Gasteiger partial charge is 0.232 e. The van der Waals surface area contributed by atoms with E-state index in [1.165, 1.54) is 0 Å². The van der Waals surface area contributed by atoms with Crippen molar-refractivity contribution in [3.63, 3.8) is 0 Å². The molecule has 26 heavy (non-hydrogen) atoms. The van der Waals surface area contributed by atoms with Gasteiger partial charge in [0.2, 0.25) is 5.91 Å². The molecule has 0 radical (unpaired) electrons. The second-order valence-electron chi connectivity index (χ2n) is 7.22. The van der Waals surface area contributed by atoms with Gasteiger partial charge in [-0.3, -0.25) is 4.79 Å². The zero-order valence-electron chi connectivity index (χ0n) is 15.5. The van der Waals surface area contributed by atoms with Gasteiger partial charge in [-0.15, -0.1) is 0 Å². The van der Waals surface area contributed by atoms with Crippen LogP contribution in [0.1, 0.15) is 32.4 Å². The van der Waals surface area contributed by atoms with Crippen molar-refractivity contribution >= 4 is 5.91 Å². The molecule has 7 nitrogen and oxygen atoms in total. The average Bonchev–Trinajstić information content (AvgIpc) is 3.31. The number of carbonyl (C=O) groups is 1. The van der Waals surface area contributed by atoms with Gasteiger partial charge in [0.1, 0.15) is 0 Å². The number of ether oxygens (including phenoxy) is 2. The number of carbonyl (C=O) groups excluding carboxylic acids is 1. The number of nitrogens with zero attached hydrogens (tertiary/aromatic N) is 1. The molecule has 1 aromatic carbocycles. The van der Waals surface area contributed by atoms with Crippen molar-refractivity contribution in [2.24, 2.45) is 0 Å². The zero-order valence-corrected chi connectivity index (χ0v) is 15.5. The normalized spacial score (nSPS) is 15.4. The van der Waals surface area contributed by atoms with E-state index in [4.69, 9.17) is 14.0 Å². The fraction of sp³-hybridized carbons (Fsp3) is 0.474. The highest BCUT2D eigenvalue weighted by atomic mass is 16.5. The molecule has 1 saturated carbocycles. The maximum absolute atomic E-state index is 12.7. The number of amides is 1. The predicted molar refractivity (Wildman–Crippen MR) is 95.3 cm³/mol. The van der Waals surface area contributed by atoms with Crippen molar-refractivity contribution in [3.8, 4) is 22.8 Å². The average molecular weight is 360 g/mol. The van der Waals surface area contributed by atoms with Crippen LogP contribution in [0.25, 0.3) is 11.3 Å². The predicted octanol–water partition coefficient (Wildman–Crippen LogP) is 2.28. The largest absolute Gasteiger partial charge is 0.493 e. The molecule has 1 amide bonds. The summed E-state index contributed by atoms with van der Waals surface area (Å²) in [7, 11) is 3.15. The molecule has 7 heteroatoms. The second-order valence-corrected chi connectivity index (χ2v) is 7.22. The highest BCUT2D eigenvalue weighted by Gasteiger charge is 2.54. The van der Waals surface area contributed by atoms with E-state index in [2.05, 4.69) is 10.5 Å².